The second-order valence-corrected chi connectivity index (χ2v) is 11.8. The van der Waals surface area contributed by atoms with Crippen LogP contribution in [0.15, 0.2) is 79.8 Å². The van der Waals surface area contributed by atoms with Gasteiger partial charge < -0.3 is 9.97 Å². The molecular weight excluding hydrogens is 588 g/mol. The van der Waals surface area contributed by atoms with Crippen LogP contribution in [0.3, 0.4) is 0 Å². The molecule has 0 saturated heterocycles. The van der Waals surface area contributed by atoms with E-state index in [1.807, 2.05) is 67.8 Å². The maximum Gasteiger partial charge on any atom is 0.141 e. The van der Waals surface area contributed by atoms with E-state index in [1.165, 1.54) is 11.4 Å². The highest BCUT2D eigenvalue weighted by Gasteiger charge is 2.28. The van der Waals surface area contributed by atoms with Crippen LogP contribution in [0.4, 0.5) is 0 Å². The largest absolute Gasteiger partial charge is 0.346 e. The molecule has 0 spiro atoms. The summed E-state index contributed by atoms with van der Waals surface area (Å²) in [7, 11) is 0. The lowest BCUT2D eigenvalue weighted by molar-refractivity contribution is 0.658. The molecule has 10 heterocycles. The van der Waals surface area contributed by atoms with Crippen molar-refractivity contribution in [3.8, 4) is 45.3 Å². The fourth-order valence-corrected chi connectivity index (χ4v) is 6.84. The van der Waals surface area contributed by atoms with Crippen LogP contribution in [0.25, 0.3) is 67.4 Å². The lowest BCUT2D eigenvalue weighted by Crippen LogP contribution is -1.95. The Bertz CT molecular complexity index is 2390. The first-order chi connectivity index (χ1) is 23.2. The molecule has 2 N–H and O–H groups in total. The van der Waals surface area contributed by atoms with E-state index < -0.39 is 0 Å². The van der Waals surface area contributed by atoms with Crippen molar-refractivity contribution >= 4 is 22.1 Å². The minimum atomic E-state index is 0.847. The number of nitrogens with one attached hydrogen (secondary N) is 2. The van der Waals surface area contributed by atoms with Gasteiger partial charge in [0.2, 0.25) is 0 Å². The molecule has 0 aromatic carbocycles. The summed E-state index contributed by atoms with van der Waals surface area (Å²) in [5, 5.41) is 11.7. The maximum absolute atomic E-state index is 4.85. The first-order valence-corrected chi connectivity index (χ1v) is 15.8. The van der Waals surface area contributed by atoms with Gasteiger partial charge in [-0.15, -0.1) is 0 Å². The van der Waals surface area contributed by atoms with Crippen LogP contribution in [-0.2, 0) is 25.9 Å². The maximum atomic E-state index is 4.85. The fourth-order valence-electron chi connectivity index (χ4n) is 6.84. The van der Waals surface area contributed by atoms with Crippen LogP contribution >= 0.6 is 0 Å². The topological polar surface area (TPSA) is 145 Å². The molecule has 0 saturated carbocycles. The van der Waals surface area contributed by atoms with Crippen molar-refractivity contribution in [1.82, 2.24) is 59.4 Å². The zero-order chi connectivity index (χ0) is 31.3. The molecule has 0 aliphatic carbocycles. The summed E-state index contributed by atoms with van der Waals surface area (Å²) < 4.78 is 4.20. The number of aromatic amines is 2. The van der Waals surface area contributed by atoms with Crippen molar-refractivity contribution in [1.29, 1.82) is 0 Å². The van der Waals surface area contributed by atoms with Gasteiger partial charge in [0.15, 0.2) is 0 Å². The summed E-state index contributed by atoms with van der Waals surface area (Å²) in [6.45, 7) is 3.91. The predicted octanol–water partition coefficient (Wildman–Crippen LogP) is 5.97. The highest BCUT2D eigenvalue weighted by molar-refractivity contribution is 5.96. The smallest absolute Gasteiger partial charge is 0.141 e. The molecule has 0 radical (unpaired) electrons. The van der Waals surface area contributed by atoms with E-state index in [0.29, 0.717) is 0 Å². The van der Waals surface area contributed by atoms with Crippen molar-refractivity contribution in [2.75, 3.05) is 0 Å². The molecule has 8 aromatic heterocycles. The number of fused-ring (bicyclic) bond motifs is 4. The summed E-state index contributed by atoms with van der Waals surface area (Å²) in [5.41, 5.74) is 12.8. The van der Waals surface area contributed by atoms with E-state index >= 15 is 0 Å². The van der Waals surface area contributed by atoms with Crippen LogP contribution in [0.2, 0.25) is 0 Å². The average Bonchev–Trinajstić information content (AvgIpc) is 3.94. The molecular formula is C35H30N12. The number of hydrogen-bond donors (Lipinski definition) is 2. The molecule has 2 aliphatic heterocycles. The highest BCUT2D eigenvalue weighted by Crippen LogP contribution is 2.39. The van der Waals surface area contributed by atoms with Crippen molar-refractivity contribution in [3.63, 3.8) is 0 Å². The Morgan fingerprint density at radius 2 is 1.19 bits per heavy atom. The third-order valence-corrected chi connectivity index (χ3v) is 8.90. The zero-order valence-electron chi connectivity index (χ0n) is 25.7. The molecule has 0 unspecified atom stereocenters. The number of aromatic nitrogens is 12. The normalized spacial score (nSPS) is 13.6. The Labute approximate surface area is 269 Å². The second-order valence-electron chi connectivity index (χ2n) is 11.8. The number of rotatable bonds is 4. The molecule has 0 amide bonds. The number of hydrogen-bond acceptors (Lipinski definition) is 8. The van der Waals surface area contributed by atoms with E-state index in [-0.39, 0.29) is 0 Å². The van der Waals surface area contributed by atoms with Gasteiger partial charge in [0.1, 0.15) is 35.3 Å². The Kier molecular flexibility index (Phi) is 6.44. The van der Waals surface area contributed by atoms with Crippen molar-refractivity contribution in [2.24, 2.45) is 0 Å². The standard InChI is InChI=1S/C18H16N6.C17H14N6/c1-11-4-2-5-13(22-11)17-15(14-6-3-9-24(14)23-17)16-12-7-8-19-18(12)21-10-20-16;1-2-7-18-12(4-1)16-14(13-5-3-9-23(13)22-16)15-11-6-8-19-17(11)21-10-20-15/h2,4-5,7-8,10H,3,6,9H2,1H3,(H,19,20,21);1-2,4,6-8,10H,3,5,9H2,(H,19,20,21). The molecule has 2 aliphatic rings. The summed E-state index contributed by atoms with van der Waals surface area (Å²) >= 11 is 0. The van der Waals surface area contributed by atoms with Crippen LogP contribution in [0, 0.1) is 6.92 Å². The summed E-state index contributed by atoms with van der Waals surface area (Å²) in [4.78, 5) is 33.3. The highest BCUT2D eigenvalue weighted by atomic mass is 15.3. The predicted molar refractivity (Wildman–Crippen MR) is 178 cm³/mol. The molecule has 12 heteroatoms. The molecule has 12 nitrogen and oxygen atoms in total. The SMILES string of the molecule is Cc1cccc(-c2nn3c(c2-c2ncnc4[nH]ccc24)CCC3)n1.c1ccc(-c2nn3c(c2-c2ncnc4[nH]ccc24)CCC3)nc1. The number of nitrogens with zero attached hydrogens (tertiary/aromatic N) is 10. The van der Waals surface area contributed by atoms with Gasteiger partial charge in [-0.3, -0.25) is 19.3 Å². The van der Waals surface area contributed by atoms with E-state index in [1.54, 1.807) is 18.9 Å². The van der Waals surface area contributed by atoms with Crippen LogP contribution in [-0.4, -0.2) is 59.4 Å². The third-order valence-electron chi connectivity index (χ3n) is 8.90. The van der Waals surface area contributed by atoms with E-state index in [2.05, 4.69) is 49.2 Å². The monoisotopic (exact) mass is 618 g/mol. The molecule has 10 rings (SSSR count). The van der Waals surface area contributed by atoms with E-state index in [9.17, 15) is 0 Å². The lowest BCUT2D eigenvalue weighted by Gasteiger charge is -2.06. The Morgan fingerprint density at radius 1 is 0.596 bits per heavy atom. The van der Waals surface area contributed by atoms with Crippen LogP contribution < -0.4 is 0 Å². The minimum Gasteiger partial charge on any atom is -0.346 e. The number of pyridine rings is 2. The second kappa shape index (κ2) is 11.1. The molecule has 8 aromatic rings. The van der Waals surface area contributed by atoms with Crippen molar-refractivity contribution in [3.05, 3.63) is 96.9 Å². The van der Waals surface area contributed by atoms with Gasteiger partial charge in [-0.1, -0.05) is 12.1 Å². The van der Waals surface area contributed by atoms with Crippen LogP contribution in [0.1, 0.15) is 29.9 Å². The van der Waals surface area contributed by atoms with Gasteiger partial charge in [-0.05, 0) is 69.0 Å². The van der Waals surface area contributed by atoms with Gasteiger partial charge in [-0.2, -0.15) is 10.2 Å². The summed E-state index contributed by atoms with van der Waals surface area (Å²) in [5.74, 6) is 0. The lowest BCUT2D eigenvalue weighted by atomic mass is 10.0. The van der Waals surface area contributed by atoms with E-state index in [4.69, 9.17) is 10.2 Å². The average molecular weight is 619 g/mol. The van der Waals surface area contributed by atoms with E-state index in [0.717, 1.165) is 112 Å². The number of aryl methyl sites for hydroxylation is 3. The number of H-pyrrole nitrogens is 2. The summed E-state index contributed by atoms with van der Waals surface area (Å²) in [6.07, 6.45) is 13.1. The van der Waals surface area contributed by atoms with Gasteiger partial charge in [0.25, 0.3) is 0 Å². The zero-order valence-corrected chi connectivity index (χ0v) is 25.7. The first kappa shape index (κ1) is 27.3. The van der Waals surface area contributed by atoms with Gasteiger partial charge in [0, 0.05) is 59.5 Å². The minimum absolute atomic E-state index is 0.847. The first-order valence-electron chi connectivity index (χ1n) is 15.8. The Morgan fingerprint density at radius 3 is 1.77 bits per heavy atom. The van der Waals surface area contributed by atoms with Crippen LogP contribution in [0.5, 0.6) is 0 Å². The molecule has 230 valence electrons. The molecule has 0 atom stereocenters. The van der Waals surface area contributed by atoms with Crippen molar-refractivity contribution < 1.29 is 0 Å². The molecule has 0 bridgehead atoms. The quantitative estimate of drug-likeness (QED) is 0.246. The fraction of sp³-hybridized carbons (Fsp3) is 0.200. The third kappa shape index (κ3) is 4.59. The Hall–Kier alpha value is -6.04. The molecule has 0 fully saturated rings. The summed E-state index contributed by atoms with van der Waals surface area (Å²) in [6, 6.07) is 16.0. The van der Waals surface area contributed by atoms with Gasteiger partial charge in [-0.25, -0.2) is 19.9 Å². The molecule has 47 heavy (non-hydrogen) atoms. The van der Waals surface area contributed by atoms with Gasteiger partial charge in [0.05, 0.1) is 33.9 Å². The van der Waals surface area contributed by atoms with Crippen molar-refractivity contribution in [2.45, 2.75) is 45.7 Å². The van der Waals surface area contributed by atoms with Gasteiger partial charge >= 0.3 is 0 Å². The Balaban J connectivity index is 0.000000129.